The highest BCUT2D eigenvalue weighted by Gasteiger charge is 2.22. The summed E-state index contributed by atoms with van der Waals surface area (Å²) in [5.74, 6) is 1.21. The fourth-order valence-corrected chi connectivity index (χ4v) is 2.19. The summed E-state index contributed by atoms with van der Waals surface area (Å²) in [7, 11) is 1.55. The molecule has 1 aliphatic heterocycles. The number of aromatic hydroxyl groups is 1. The van der Waals surface area contributed by atoms with Crippen LogP contribution in [0.2, 0.25) is 0 Å². The lowest BCUT2D eigenvalue weighted by molar-refractivity contribution is 0.370. The van der Waals surface area contributed by atoms with Crippen LogP contribution in [0.4, 0.5) is 0 Å². The monoisotopic (exact) mass is 257 g/mol. The van der Waals surface area contributed by atoms with Gasteiger partial charge in [0.05, 0.1) is 7.11 Å². The molecule has 0 radical (unpaired) electrons. The first kappa shape index (κ1) is 9.80. The van der Waals surface area contributed by atoms with Crippen LogP contribution < -0.4 is 10.1 Å². The number of phenolic OH excluding ortho intramolecular Hbond substituents is 1. The molecular weight excluding hydrogens is 246 g/mol. The largest absolute Gasteiger partial charge is 0.504 e. The lowest BCUT2D eigenvalue weighted by atomic mass is 9.93. The van der Waals surface area contributed by atoms with E-state index in [0.717, 1.165) is 23.1 Å². The van der Waals surface area contributed by atoms with Crippen LogP contribution in [0, 0.1) is 0 Å². The fourth-order valence-electron chi connectivity index (χ4n) is 1.54. The van der Waals surface area contributed by atoms with Crippen molar-refractivity contribution >= 4 is 15.9 Å². The molecular formula is C10H12BrNO2. The van der Waals surface area contributed by atoms with E-state index in [1.165, 1.54) is 0 Å². The van der Waals surface area contributed by atoms with Crippen LogP contribution in [0.1, 0.15) is 11.5 Å². The molecule has 3 nitrogen and oxygen atoms in total. The number of phenols is 1. The van der Waals surface area contributed by atoms with Crippen molar-refractivity contribution in [3.63, 3.8) is 0 Å². The predicted molar refractivity (Wildman–Crippen MR) is 58.0 cm³/mol. The molecule has 1 saturated heterocycles. The lowest BCUT2D eigenvalue weighted by Crippen LogP contribution is -2.40. The van der Waals surface area contributed by atoms with Gasteiger partial charge in [-0.05, 0) is 17.7 Å². The molecule has 0 amide bonds. The molecule has 4 heteroatoms. The Balaban J connectivity index is 2.36. The predicted octanol–water partition coefficient (Wildman–Crippen LogP) is 1.85. The Morgan fingerprint density at radius 1 is 1.50 bits per heavy atom. The Morgan fingerprint density at radius 3 is 2.71 bits per heavy atom. The van der Waals surface area contributed by atoms with Gasteiger partial charge in [0.25, 0.3) is 0 Å². The smallest absolute Gasteiger partial charge is 0.161 e. The summed E-state index contributed by atoms with van der Waals surface area (Å²) in [6, 6.07) is 3.58. The molecule has 0 bridgehead atoms. The number of rotatable bonds is 2. The quantitative estimate of drug-likeness (QED) is 0.850. The summed E-state index contributed by atoms with van der Waals surface area (Å²) in [5, 5.41) is 12.8. The highest BCUT2D eigenvalue weighted by Crippen LogP contribution is 2.36. The maximum Gasteiger partial charge on any atom is 0.161 e. The molecule has 0 spiro atoms. The van der Waals surface area contributed by atoms with E-state index in [1.807, 2.05) is 6.07 Å². The van der Waals surface area contributed by atoms with Gasteiger partial charge in [-0.3, -0.25) is 0 Å². The van der Waals surface area contributed by atoms with Gasteiger partial charge in [0, 0.05) is 23.5 Å². The lowest BCUT2D eigenvalue weighted by Gasteiger charge is -2.28. The van der Waals surface area contributed by atoms with Crippen molar-refractivity contribution in [3.8, 4) is 11.5 Å². The molecule has 0 saturated carbocycles. The van der Waals surface area contributed by atoms with Gasteiger partial charge in [-0.1, -0.05) is 15.9 Å². The number of halogens is 1. The Morgan fingerprint density at radius 2 is 2.21 bits per heavy atom. The van der Waals surface area contributed by atoms with E-state index in [1.54, 1.807) is 13.2 Å². The summed E-state index contributed by atoms with van der Waals surface area (Å²) >= 11 is 3.48. The zero-order valence-electron chi connectivity index (χ0n) is 7.88. The molecule has 0 aromatic heterocycles. The summed E-state index contributed by atoms with van der Waals surface area (Å²) in [6.07, 6.45) is 0. The van der Waals surface area contributed by atoms with Crippen molar-refractivity contribution < 1.29 is 9.84 Å². The Kier molecular flexibility index (Phi) is 2.65. The van der Waals surface area contributed by atoms with Crippen LogP contribution >= 0.6 is 15.9 Å². The van der Waals surface area contributed by atoms with Crippen LogP contribution in [0.3, 0.4) is 0 Å². The number of methoxy groups -OCH3 is 1. The first-order valence-electron chi connectivity index (χ1n) is 4.49. The molecule has 76 valence electrons. The van der Waals surface area contributed by atoms with Crippen LogP contribution in [0.15, 0.2) is 16.6 Å². The molecule has 1 aromatic carbocycles. The minimum Gasteiger partial charge on any atom is -0.504 e. The Labute approximate surface area is 91.2 Å². The normalized spacial score (nSPS) is 16.4. The van der Waals surface area contributed by atoms with Crippen molar-refractivity contribution in [1.82, 2.24) is 5.32 Å². The van der Waals surface area contributed by atoms with E-state index in [2.05, 4.69) is 21.2 Å². The van der Waals surface area contributed by atoms with Crippen molar-refractivity contribution in [2.24, 2.45) is 0 Å². The van der Waals surface area contributed by atoms with E-state index in [4.69, 9.17) is 4.74 Å². The molecule has 2 rings (SSSR count). The summed E-state index contributed by atoms with van der Waals surface area (Å²) < 4.78 is 6.02. The van der Waals surface area contributed by atoms with Gasteiger partial charge in [0.2, 0.25) is 0 Å². The van der Waals surface area contributed by atoms with Crippen molar-refractivity contribution in [1.29, 1.82) is 0 Å². The molecule has 1 fully saturated rings. The molecule has 14 heavy (non-hydrogen) atoms. The summed E-state index contributed by atoms with van der Waals surface area (Å²) in [5.41, 5.74) is 1.14. The van der Waals surface area contributed by atoms with Gasteiger partial charge in [-0.2, -0.15) is 0 Å². The van der Waals surface area contributed by atoms with Crippen molar-refractivity contribution in [3.05, 3.63) is 22.2 Å². The average Bonchev–Trinajstić information content (AvgIpc) is 2.08. The standard InChI is InChI=1S/C10H12BrNO2/c1-14-10-3-8(11)7(2-9(10)13)6-4-12-5-6/h2-3,6,12-13H,4-5H2,1H3. The van der Waals surface area contributed by atoms with Gasteiger partial charge in [0.15, 0.2) is 11.5 Å². The second-order valence-corrected chi connectivity index (χ2v) is 4.26. The number of nitrogens with one attached hydrogen (secondary N) is 1. The number of hydrogen-bond acceptors (Lipinski definition) is 3. The van der Waals surface area contributed by atoms with Crippen LogP contribution in [0.5, 0.6) is 11.5 Å². The highest BCUT2D eigenvalue weighted by molar-refractivity contribution is 9.10. The van der Waals surface area contributed by atoms with Crippen LogP contribution in [-0.4, -0.2) is 25.3 Å². The van der Waals surface area contributed by atoms with Crippen LogP contribution in [-0.2, 0) is 0 Å². The van der Waals surface area contributed by atoms with Crippen molar-refractivity contribution in [2.45, 2.75) is 5.92 Å². The van der Waals surface area contributed by atoms with Gasteiger partial charge >= 0.3 is 0 Å². The minimum absolute atomic E-state index is 0.206. The highest BCUT2D eigenvalue weighted by atomic mass is 79.9. The van der Waals surface area contributed by atoms with Crippen LogP contribution in [0.25, 0.3) is 0 Å². The second-order valence-electron chi connectivity index (χ2n) is 3.40. The molecule has 1 aliphatic rings. The fraction of sp³-hybridized carbons (Fsp3) is 0.400. The molecule has 0 unspecified atom stereocenters. The number of benzene rings is 1. The first-order valence-corrected chi connectivity index (χ1v) is 5.28. The third kappa shape index (κ3) is 1.60. The summed E-state index contributed by atoms with van der Waals surface area (Å²) in [6.45, 7) is 1.95. The van der Waals surface area contributed by atoms with E-state index >= 15 is 0 Å². The van der Waals surface area contributed by atoms with Crippen molar-refractivity contribution in [2.75, 3.05) is 20.2 Å². The van der Waals surface area contributed by atoms with Gasteiger partial charge in [-0.25, -0.2) is 0 Å². The second kappa shape index (κ2) is 3.79. The third-order valence-electron chi connectivity index (χ3n) is 2.52. The number of ether oxygens (including phenoxy) is 1. The van der Waals surface area contributed by atoms with Gasteiger partial charge in [-0.15, -0.1) is 0 Å². The Bertz CT molecular complexity index is 350. The molecule has 1 heterocycles. The average molecular weight is 258 g/mol. The summed E-state index contributed by atoms with van der Waals surface area (Å²) in [4.78, 5) is 0. The maximum absolute atomic E-state index is 9.62. The Hall–Kier alpha value is -0.740. The van der Waals surface area contributed by atoms with E-state index in [9.17, 15) is 5.11 Å². The topological polar surface area (TPSA) is 41.5 Å². The van der Waals surface area contributed by atoms with E-state index in [0.29, 0.717) is 11.7 Å². The molecule has 0 atom stereocenters. The molecule has 1 aromatic rings. The number of hydrogen-bond donors (Lipinski definition) is 2. The molecule has 2 N–H and O–H groups in total. The zero-order valence-corrected chi connectivity index (χ0v) is 9.47. The first-order chi connectivity index (χ1) is 6.72. The maximum atomic E-state index is 9.62. The van der Waals surface area contributed by atoms with E-state index < -0.39 is 0 Å². The SMILES string of the molecule is COc1cc(Br)c(C2CNC2)cc1O. The zero-order chi connectivity index (χ0) is 10.1. The van der Waals surface area contributed by atoms with E-state index in [-0.39, 0.29) is 5.75 Å². The third-order valence-corrected chi connectivity index (χ3v) is 3.21. The molecule has 0 aliphatic carbocycles. The van der Waals surface area contributed by atoms with Gasteiger partial charge in [0.1, 0.15) is 0 Å². The van der Waals surface area contributed by atoms with Gasteiger partial charge < -0.3 is 15.2 Å². The minimum atomic E-state index is 0.206.